The summed E-state index contributed by atoms with van der Waals surface area (Å²) < 4.78 is 95.3. The van der Waals surface area contributed by atoms with Gasteiger partial charge < -0.3 is 9.47 Å². The van der Waals surface area contributed by atoms with Crippen LogP contribution >= 0.6 is 0 Å². The molecular formula is C19H13F6NO4. The number of rotatable bonds is 4. The smallest absolute Gasteiger partial charge is 0.381 e. The number of carbonyl (C=O) groups is 1. The number of hydrogen-bond donors (Lipinski definition) is 0. The predicted octanol–water partition coefficient (Wildman–Crippen LogP) is 5.27. The molecule has 0 spiro atoms. The SMILES string of the molecule is COc1c(F)c(F)c2nc3c(F)c(F)c(OC)c(C(C)C)c3c(C(=O)OF)c2c1F. The fourth-order valence-corrected chi connectivity index (χ4v) is 3.40. The van der Waals surface area contributed by atoms with Gasteiger partial charge in [-0.2, -0.15) is 8.78 Å². The molecule has 1 heterocycles. The fraction of sp³-hybridized carbons (Fsp3) is 0.263. The monoisotopic (exact) mass is 433 g/mol. The first-order valence-electron chi connectivity index (χ1n) is 8.37. The van der Waals surface area contributed by atoms with E-state index in [1.165, 1.54) is 13.8 Å². The number of halogens is 6. The minimum absolute atomic E-state index is 0.190. The maximum Gasteiger partial charge on any atom is 0.381 e. The first-order chi connectivity index (χ1) is 14.1. The van der Waals surface area contributed by atoms with Gasteiger partial charge in [-0.15, -0.1) is 0 Å². The number of aromatic nitrogens is 1. The summed E-state index contributed by atoms with van der Waals surface area (Å²) in [5.74, 6) is -12.9. The Hall–Kier alpha value is -3.24. The summed E-state index contributed by atoms with van der Waals surface area (Å²) in [6.45, 7) is 2.98. The number of carbonyl (C=O) groups excluding carboxylic acids is 1. The van der Waals surface area contributed by atoms with Crippen molar-refractivity contribution in [1.82, 2.24) is 4.98 Å². The summed E-state index contributed by atoms with van der Waals surface area (Å²) >= 11 is 0. The Kier molecular flexibility index (Phi) is 5.40. The second-order valence-electron chi connectivity index (χ2n) is 6.50. The second kappa shape index (κ2) is 7.54. The molecule has 0 amide bonds. The van der Waals surface area contributed by atoms with E-state index < -0.39 is 79.8 Å². The van der Waals surface area contributed by atoms with E-state index in [-0.39, 0.29) is 5.56 Å². The van der Waals surface area contributed by atoms with Crippen molar-refractivity contribution < 1.29 is 45.7 Å². The topological polar surface area (TPSA) is 57.7 Å². The van der Waals surface area contributed by atoms with Gasteiger partial charge in [0, 0.05) is 15.5 Å². The van der Waals surface area contributed by atoms with E-state index in [1.807, 2.05) is 0 Å². The molecule has 0 aliphatic rings. The van der Waals surface area contributed by atoms with Gasteiger partial charge in [0.2, 0.25) is 11.6 Å². The van der Waals surface area contributed by atoms with Gasteiger partial charge >= 0.3 is 5.97 Å². The third-order valence-electron chi connectivity index (χ3n) is 4.59. The van der Waals surface area contributed by atoms with Gasteiger partial charge in [0.15, 0.2) is 29.0 Å². The Morgan fingerprint density at radius 2 is 1.30 bits per heavy atom. The van der Waals surface area contributed by atoms with E-state index in [9.17, 15) is 31.3 Å². The Morgan fingerprint density at radius 3 is 1.77 bits per heavy atom. The van der Waals surface area contributed by atoms with Crippen LogP contribution in [0, 0.1) is 29.1 Å². The van der Waals surface area contributed by atoms with Crippen molar-refractivity contribution in [3.8, 4) is 11.5 Å². The Labute approximate surface area is 165 Å². The fourth-order valence-electron chi connectivity index (χ4n) is 3.40. The van der Waals surface area contributed by atoms with Gasteiger partial charge in [0.05, 0.1) is 25.2 Å². The van der Waals surface area contributed by atoms with E-state index in [0.29, 0.717) is 0 Å². The molecular weight excluding hydrogens is 420 g/mol. The Morgan fingerprint density at radius 1 is 0.800 bits per heavy atom. The van der Waals surface area contributed by atoms with Crippen LogP contribution in [0.4, 0.5) is 26.5 Å². The van der Waals surface area contributed by atoms with Gasteiger partial charge in [-0.25, -0.2) is 27.9 Å². The number of hydrogen-bond acceptors (Lipinski definition) is 5. The summed E-state index contributed by atoms with van der Waals surface area (Å²) in [6, 6.07) is 0. The maximum atomic E-state index is 15.0. The van der Waals surface area contributed by atoms with Crippen LogP contribution < -0.4 is 9.47 Å². The van der Waals surface area contributed by atoms with Gasteiger partial charge in [0.25, 0.3) is 0 Å². The molecule has 0 fully saturated rings. The number of ether oxygens (including phenoxy) is 2. The zero-order valence-electron chi connectivity index (χ0n) is 15.9. The van der Waals surface area contributed by atoms with Gasteiger partial charge in [0.1, 0.15) is 11.0 Å². The molecule has 0 bridgehead atoms. The van der Waals surface area contributed by atoms with E-state index >= 15 is 0 Å². The lowest BCUT2D eigenvalue weighted by atomic mass is 9.91. The highest BCUT2D eigenvalue weighted by molar-refractivity contribution is 6.16. The predicted molar refractivity (Wildman–Crippen MR) is 92.8 cm³/mol. The van der Waals surface area contributed by atoms with Crippen LogP contribution in [0.25, 0.3) is 21.8 Å². The molecule has 30 heavy (non-hydrogen) atoms. The molecule has 0 N–H and O–H groups in total. The van der Waals surface area contributed by atoms with Crippen molar-refractivity contribution in [2.45, 2.75) is 19.8 Å². The number of nitrogens with zero attached hydrogens (tertiary/aromatic N) is 1. The highest BCUT2D eigenvalue weighted by Crippen LogP contribution is 2.44. The van der Waals surface area contributed by atoms with Crippen LogP contribution in [0.15, 0.2) is 0 Å². The Balaban J connectivity index is 2.82. The zero-order valence-corrected chi connectivity index (χ0v) is 15.9. The van der Waals surface area contributed by atoms with Gasteiger partial charge in [-0.3, -0.25) is 0 Å². The highest BCUT2D eigenvalue weighted by Gasteiger charge is 2.34. The summed E-state index contributed by atoms with van der Waals surface area (Å²) in [5, 5.41) is -1.61. The van der Waals surface area contributed by atoms with E-state index in [2.05, 4.69) is 14.7 Å². The lowest BCUT2D eigenvalue weighted by molar-refractivity contribution is -0.0784. The largest absolute Gasteiger partial charge is 0.493 e. The molecule has 3 rings (SSSR count). The van der Waals surface area contributed by atoms with E-state index in [1.54, 1.807) is 0 Å². The first-order valence-corrected chi connectivity index (χ1v) is 8.37. The molecule has 0 atom stereocenters. The Bertz CT molecular complexity index is 1210. The minimum Gasteiger partial charge on any atom is -0.493 e. The summed E-state index contributed by atoms with van der Waals surface area (Å²) in [7, 11) is 1.84. The molecule has 160 valence electrons. The van der Waals surface area contributed by atoms with Crippen LogP contribution in [0.3, 0.4) is 0 Å². The van der Waals surface area contributed by atoms with Crippen LogP contribution in [-0.4, -0.2) is 25.2 Å². The number of fused-ring (bicyclic) bond motifs is 2. The minimum atomic E-state index is -1.87. The van der Waals surface area contributed by atoms with Crippen LogP contribution in [-0.2, 0) is 4.94 Å². The van der Waals surface area contributed by atoms with Crippen molar-refractivity contribution in [3.63, 3.8) is 0 Å². The van der Waals surface area contributed by atoms with Crippen LogP contribution in [0.5, 0.6) is 11.5 Å². The third-order valence-corrected chi connectivity index (χ3v) is 4.59. The summed E-state index contributed by atoms with van der Waals surface area (Å²) in [5.41, 5.74) is -3.37. The maximum absolute atomic E-state index is 15.0. The van der Waals surface area contributed by atoms with Crippen LogP contribution in [0.1, 0.15) is 35.7 Å². The quantitative estimate of drug-likeness (QED) is 0.319. The lowest BCUT2D eigenvalue weighted by Crippen LogP contribution is -2.12. The summed E-state index contributed by atoms with van der Waals surface area (Å²) in [4.78, 5) is 19.0. The molecule has 0 radical (unpaired) electrons. The molecule has 0 unspecified atom stereocenters. The normalized spacial score (nSPS) is 11.4. The molecule has 0 aliphatic heterocycles. The second-order valence-corrected chi connectivity index (χ2v) is 6.50. The average Bonchev–Trinajstić information content (AvgIpc) is 2.72. The first kappa shape index (κ1) is 21.5. The molecule has 0 aliphatic carbocycles. The highest BCUT2D eigenvalue weighted by atomic mass is 19.3. The molecule has 1 aromatic heterocycles. The van der Waals surface area contributed by atoms with Crippen LogP contribution in [0.2, 0.25) is 0 Å². The standard InChI is InChI=1S/C19H13F6NO4/c1-5(2)6-7-8(19(27)30-25)9-10(20)18(29-4)14(24)12(22)16(9)26-15(7)11(21)13(23)17(6)28-3/h5H,1-4H3. The lowest BCUT2D eigenvalue weighted by Gasteiger charge is -2.20. The number of methoxy groups -OCH3 is 2. The van der Waals surface area contributed by atoms with Crippen molar-refractivity contribution in [2.75, 3.05) is 14.2 Å². The molecule has 0 saturated heterocycles. The molecule has 0 saturated carbocycles. The average molecular weight is 433 g/mol. The number of benzene rings is 2. The molecule has 11 heteroatoms. The third kappa shape index (κ3) is 2.79. The van der Waals surface area contributed by atoms with Crippen molar-refractivity contribution in [2.24, 2.45) is 0 Å². The number of pyridine rings is 1. The van der Waals surface area contributed by atoms with E-state index in [0.717, 1.165) is 14.2 Å². The van der Waals surface area contributed by atoms with Crippen molar-refractivity contribution in [1.29, 1.82) is 0 Å². The molecule has 5 nitrogen and oxygen atoms in total. The zero-order chi connectivity index (χ0) is 22.5. The van der Waals surface area contributed by atoms with Crippen molar-refractivity contribution in [3.05, 3.63) is 40.2 Å². The van der Waals surface area contributed by atoms with Crippen molar-refractivity contribution >= 4 is 27.8 Å². The van der Waals surface area contributed by atoms with Gasteiger partial charge in [-0.05, 0) is 5.92 Å². The van der Waals surface area contributed by atoms with Gasteiger partial charge in [-0.1, -0.05) is 13.8 Å². The summed E-state index contributed by atoms with van der Waals surface area (Å²) in [6.07, 6.45) is 0. The molecule has 2 aromatic carbocycles. The molecule has 3 aromatic rings. The van der Waals surface area contributed by atoms with E-state index in [4.69, 9.17) is 4.74 Å².